The van der Waals surface area contributed by atoms with Gasteiger partial charge in [0, 0.05) is 6.54 Å². The summed E-state index contributed by atoms with van der Waals surface area (Å²) < 4.78 is 0. The number of carboxylic acids is 1. The molecule has 6 nitrogen and oxygen atoms in total. The summed E-state index contributed by atoms with van der Waals surface area (Å²) in [7, 11) is 0. The third-order valence-corrected chi connectivity index (χ3v) is 3.89. The van der Waals surface area contributed by atoms with Crippen molar-refractivity contribution < 1.29 is 9.90 Å². The molecule has 21 heavy (non-hydrogen) atoms. The van der Waals surface area contributed by atoms with Crippen molar-refractivity contribution in [1.29, 1.82) is 0 Å². The van der Waals surface area contributed by atoms with E-state index in [0.29, 0.717) is 36.2 Å². The van der Waals surface area contributed by atoms with Crippen molar-refractivity contribution in [2.45, 2.75) is 19.4 Å². The number of rotatable bonds is 3. The van der Waals surface area contributed by atoms with Crippen LogP contribution in [0.15, 0.2) is 29.1 Å². The van der Waals surface area contributed by atoms with Gasteiger partial charge in [-0.15, -0.1) is 0 Å². The van der Waals surface area contributed by atoms with Crippen LogP contribution >= 0.6 is 0 Å². The molecule has 2 aromatic rings. The number of hydrogen-bond donors (Lipinski definition) is 2. The van der Waals surface area contributed by atoms with Gasteiger partial charge in [0.25, 0.3) is 5.56 Å². The number of H-pyrrole nitrogens is 1. The maximum Gasteiger partial charge on any atom is 0.307 e. The van der Waals surface area contributed by atoms with E-state index in [0.717, 1.165) is 13.0 Å². The molecule has 1 atom stereocenters. The third kappa shape index (κ3) is 2.95. The van der Waals surface area contributed by atoms with Crippen LogP contribution in [0.4, 0.5) is 0 Å². The lowest BCUT2D eigenvalue weighted by atomic mass is 9.98. The van der Waals surface area contributed by atoms with Crippen LogP contribution in [0.5, 0.6) is 0 Å². The van der Waals surface area contributed by atoms with E-state index < -0.39 is 5.97 Å². The molecule has 0 bridgehead atoms. The first-order chi connectivity index (χ1) is 10.1. The Morgan fingerprint density at radius 1 is 1.43 bits per heavy atom. The summed E-state index contributed by atoms with van der Waals surface area (Å²) in [6, 6.07) is 7.21. The fraction of sp³-hybridized carbons (Fsp3) is 0.400. The number of aromatic nitrogens is 2. The minimum Gasteiger partial charge on any atom is -0.481 e. The zero-order valence-corrected chi connectivity index (χ0v) is 11.6. The number of piperidine rings is 1. The Morgan fingerprint density at radius 3 is 3.05 bits per heavy atom. The number of aromatic amines is 1. The standard InChI is InChI=1S/C15H17N3O3/c19-14-11-5-1-2-6-12(11)16-13(17-14)9-18-7-3-4-10(8-18)15(20)21/h1-2,5-6,10H,3-4,7-9H2,(H,20,21)(H,16,17,19)/t10-/m1/s1. The molecule has 1 fully saturated rings. The summed E-state index contributed by atoms with van der Waals surface area (Å²) >= 11 is 0. The largest absolute Gasteiger partial charge is 0.481 e. The van der Waals surface area contributed by atoms with Crippen molar-refractivity contribution >= 4 is 16.9 Å². The van der Waals surface area contributed by atoms with E-state index in [1.54, 1.807) is 12.1 Å². The normalized spacial score (nSPS) is 19.7. The highest BCUT2D eigenvalue weighted by Crippen LogP contribution is 2.18. The highest BCUT2D eigenvalue weighted by atomic mass is 16.4. The number of nitrogens with zero attached hydrogens (tertiary/aromatic N) is 2. The summed E-state index contributed by atoms with van der Waals surface area (Å²) in [6.07, 6.45) is 1.57. The highest BCUT2D eigenvalue weighted by Gasteiger charge is 2.25. The maximum atomic E-state index is 12.0. The van der Waals surface area contributed by atoms with E-state index in [4.69, 9.17) is 5.11 Å². The quantitative estimate of drug-likeness (QED) is 0.886. The molecule has 0 saturated carbocycles. The Bertz CT molecular complexity index is 725. The lowest BCUT2D eigenvalue weighted by Gasteiger charge is -2.30. The minimum absolute atomic E-state index is 0.151. The Morgan fingerprint density at radius 2 is 2.24 bits per heavy atom. The Labute approximate surface area is 121 Å². The summed E-state index contributed by atoms with van der Waals surface area (Å²) in [5.41, 5.74) is 0.519. The van der Waals surface area contributed by atoms with Gasteiger partial charge in [0.2, 0.25) is 0 Å². The third-order valence-electron chi connectivity index (χ3n) is 3.89. The first-order valence-corrected chi connectivity index (χ1v) is 7.06. The smallest absolute Gasteiger partial charge is 0.307 e. The summed E-state index contributed by atoms with van der Waals surface area (Å²) in [5, 5.41) is 9.68. The van der Waals surface area contributed by atoms with Gasteiger partial charge < -0.3 is 10.1 Å². The number of carbonyl (C=O) groups is 1. The second-order valence-electron chi connectivity index (χ2n) is 5.44. The molecule has 2 heterocycles. The molecule has 3 rings (SSSR count). The Hall–Kier alpha value is -2.21. The van der Waals surface area contributed by atoms with Gasteiger partial charge in [0.15, 0.2) is 0 Å². The zero-order valence-electron chi connectivity index (χ0n) is 11.6. The van der Waals surface area contributed by atoms with Crippen molar-refractivity contribution in [1.82, 2.24) is 14.9 Å². The molecule has 1 aliphatic rings. The fourth-order valence-electron chi connectivity index (χ4n) is 2.82. The van der Waals surface area contributed by atoms with Gasteiger partial charge in [0.05, 0.1) is 23.4 Å². The molecule has 1 aliphatic heterocycles. The van der Waals surface area contributed by atoms with Gasteiger partial charge in [-0.2, -0.15) is 0 Å². The van der Waals surface area contributed by atoms with Crippen LogP contribution in [0, 0.1) is 5.92 Å². The molecular weight excluding hydrogens is 270 g/mol. The van der Waals surface area contributed by atoms with Crippen LogP contribution in [0.25, 0.3) is 10.9 Å². The van der Waals surface area contributed by atoms with Gasteiger partial charge in [-0.25, -0.2) is 4.98 Å². The van der Waals surface area contributed by atoms with Gasteiger partial charge in [0.1, 0.15) is 5.82 Å². The molecule has 0 unspecified atom stereocenters. The van der Waals surface area contributed by atoms with E-state index in [9.17, 15) is 9.59 Å². The van der Waals surface area contributed by atoms with Crippen molar-refractivity contribution in [2.75, 3.05) is 13.1 Å². The van der Waals surface area contributed by atoms with Crippen LogP contribution in [0.1, 0.15) is 18.7 Å². The van der Waals surface area contributed by atoms with Crippen LogP contribution in [0.3, 0.4) is 0 Å². The topological polar surface area (TPSA) is 86.3 Å². The predicted molar refractivity (Wildman–Crippen MR) is 78.0 cm³/mol. The van der Waals surface area contributed by atoms with E-state index in [-0.39, 0.29) is 11.5 Å². The number of fused-ring (bicyclic) bond motifs is 1. The monoisotopic (exact) mass is 287 g/mol. The predicted octanol–water partition coefficient (Wildman–Crippen LogP) is 1.22. The number of carboxylic acid groups (broad SMARTS) is 1. The first kappa shape index (κ1) is 13.8. The Balaban J connectivity index is 1.81. The van der Waals surface area contributed by atoms with Gasteiger partial charge in [-0.1, -0.05) is 12.1 Å². The molecule has 0 spiro atoms. The molecule has 1 aromatic carbocycles. The second kappa shape index (κ2) is 5.65. The first-order valence-electron chi connectivity index (χ1n) is 7.06. The van der Waals surface area contributed by atoms with Gasteiger partial charge in [-0.05, 0) is 31.5 Å². The minimum atomic E-state index is -0.750. The summed E-state index contributed by atoms with van der Waals surface area (Å²) in [6.45, 7) is 1.82. The van der Waals surface area contributed by atoms with Crippen LogP contribution in [-0.2, 0) is 11.3 Å². The Kier molecular flexibility index (Phi) is 3.70. The average Bonchev–Trinajstić information content (AvgIpc) is 2.47. The van der Waals surface area contributed by atoms with Crippen molar-refractivity contribution in [3.8, 4) is 0 Å². The van der Waals surface area contributed by atoms with E-state index in [1.807, 2.05) is 17.0 Å². The van der Waals surface area contributed by atoms with Crippen molar-refractivity contribution in [3.05, 3.63) is 40.4 Å². The van der Waals surface area contributed by atoms with Gasteiger partial charge in [-0.3, -0.25) is 14.5 Å². The number of benzene rings is 1. The molecular formula is C15H17N3O3. The summed E-state index contributed by atoms with van der Waals surface area (Å²) in [4.78, 5) is 32.4. The van der Waals surface area contributed by atoms with Crippen molar-refractivity contribution in [2.24, 2.45) is 5.92 Å². The number of nitrogens with one attached hydrogen (secondary N) is 1. The second-order valence-corrected chi connectivity index (χ2v) is 5.44. The highest BCUT2D eigenvalue weighted by molar-refractivity contribution is 5.77. The molecule has 110 valence electrons. The SMILES string of the molecule is O=C(O)[C@@H]1CCCN(Cc2nc3ccccc3c(=O)[nH]2)C1. The van der Waals surface area contributed by atoms with E-state index >= 15 is 0 Å². The van der Waals surface area contributed by atoms with Crippen LogP contribution in [0.2, 0.25) is 0 Å². The zero-order chi connectivity index (χ0) is 14.8. The molecule has 0 amide bonds. The lowest BCUT2D eigenvalue weighted by Crippen LogP contribution is -2.38. The molecule has 2 N–H and O–H groups in total. The number of likely N-dealkylation sites (tertiary alicyclic amines) is 1. The van der Waals surface area contributed by atoms with Crippen LogP contribution < -0.4 is 5.56 Å². The fourth-order valence-corrected chi connectivity index (χ4v) is 2.82. The van der Waals surface area contributed by atoms with E-state index in [2.05, 4.69) is 9.97 Å². The van der Waals surface area contributed by atoms with E-state index in [1.165, 1.54) is 0 Å². The van der Waals surface area contributed by atoms with Gasteiger partial charge >= 0.3 is 5.97 Å². The molecule has 1 aromatic heterocycles. The lowest BCUT2D eigenvalue weighted by molar-refractivity contribution is -0.143. The number of hydrogen-bond acceptors (Lipinski definition) is 4. The summed E-state index contributed by atoms with van der Waals surface area (Å²) in [5.74, 6) is -0.490. The molecule has 6 heteroatoms. The molecule has 1 saturated heterocycles. The molecule has 0 aliphatic carbocycles. The molecule has 0 radical (unpaired) electrons. The number of para-hydroxylation sites is 1. The maximum absolute atomic E-state index is 12.0. The van der Waals surface area contributed by atoms with Crippen LogP contribution in [-0.4, -0.2) is 39.0 Å². The number of aliphatic carboxylic acids is 1. The average molecular weight is 287 g/mol. The van der Waals surface area contributed by atoms with Crippen molar-refractivity contribution in [3.63, 3.8) is 0 Å².